The maximum Gasteiger partial charge on any atom is 0.410 e. The average Bonchev–Trinajstić information content (AvgIpc) is 2.76. The van der Waals surface area contributed by atoms with E-state index in [1.807, 2.05) is 41.5 Å². The van der Waals surface area contributed by atoms with Crippen LogP contribution in [-0.2, 0) is 11.2 Å². The third-order valence-corrected chi connectivity index (χ3v) is 6.39. The molecule has 0 aromatic carbocycles. The fraction of sp³-hybridized carbons (Fsp3) is 0.652. The highest BCUT2D eigenvalue weighted by Crippen LogP contribution is 2.37. The van der Waals surface area contributed by atoms with Gasteiger partial charge in [0.15, 0.2) is 16.1 Å². The standard InChI is InChI=1S/C21H27ClFN5O2S.C2H6/c1-5-31-19-25-16-14-13(24-17(22)15(16)23)8-6-7-12-11-27(20(29)30-21(2,3)4)9-10-28(12)18(14)26-19;1-2/h12H,5-11H2,1-4H3;1-2H3/t12-;/m1./s1. The maximum absolute atomic E-state index is 14.9. The van der Waals surface area contributed by atoms with Crippen LogP contribution >= 0.6 is 23.4 Å². The predicted molar refractivity (Wildman–Crippen MR) is 132 cm³/mol. The van der Waals surface area contributed by atoms with Crippen LogP contribution in [-0.4, -0.2) is 63.0 Å². The van der Waals surface area contributed by atoms with Crippen molar-refractivity contribution in [3.05, 3.63) is 16.7 Å². The molecule has 0 aliphatic carbocycles. The number of amides is 1. The first kappa shape index (κ1) is 25.7. The molecule has 0 radical (unpaired) electrons. The molecule has 0 bridgehead atoms. The first-order valence-electron chi connectivity index (χ1n) is 11.6. The van der Waals surface area contributed by atoms with Crippen LogP contribution in [0.5, 0.6) is 0 Å². The van der Waals surface area contributed by atoms with Gasteiger partial charge in [0.25, 0.3) is 0 Å². The Balaban J connectivity index is 0.00000149. The van der Waals surface area contributed by atoms with Gasteiger partial charge in [0.05, 0.1) is 11.1 Å². The summed E-state index contributed by atoms with van der Waals surface area (Å²) in [6.07, 6.45) is 2.06. The SMILES string of the molecule is CC.CCSc1nc2c3c(nc(Cl)c(F)c3n1)CCC[C@@H]1CN(C(=O)OC(C)(C)C)CCN21. The van der Waals surface area contributed by atoms with Gasteiger partial charge in [0.1, 0.15) is 16.9 Å². The van der Waals surface area contributed by atoms with Gasteiger partial charge in [-0.15, -0.1) is 0 Å². The summed E-state index contributed by atoms with van der Waals surface area (Å²) in [7, 11) is 0. The number of hydrogen-bond acceptors (Lipinski definition) is 7. The zero-order valence-electron chi connectivity index (χ0n) is 20.2. The van der Waals surface area contributed by atoms with Crippen molar-refractivity contribution in [2.24, 2.45) is 0 Å². The highest BCUT2D eigenvalue weighted by Gasteiger charge is 2.35. The normalized spacial score (nSPS) is 18.1. The zero-order chi connectivity index (χ0) is 24.3. The summed E-state index contributed by atoms with van der Waals surface area (Å²) >= 11 is 7.55. The monoisotopic (exact) mass is 497 g/mol. The van der Waals surface area contributed by atoms with Crippen molar-refractivity contribution >= 4 is 46.2 Å². The predicted octanol–water partition coefficient (Wildman–Crippen LogP) is 5.72. The van der Waals surface area contributed by atoms with Crippen molar-refractivity contribution in [1.29, 1.82) is 0 Å². The van der Waals surface area contributed by atoms with Crippen LogP contribution in [0.15, 0.2) is 5.16 Å². The van der Waals surface area contributed by atoms with Gasteiger partial charge in [0, 0.05) is 25.7 Å². The number of aromatic nitrogens is 3. The molecular weight excluding hydrogens is 465 g/mol. The fourth-order valence-corrected chi connectivity index (χ4v) is 4.89. The molecule has 1 saturated heterocycles. The van der Waals surface area contributed by atoms with E-state index in [0.29, 0.717) is 42.4 Å². The summed E-state index contributed by atoms with van der Waals surface area (Å²) in [6.45, 7) is 13.2. The first-order chi connectivity index (χ1) is 15.7. The van der Waals surface area contributed by atoms with Crippen LogP contribution in [0.4, 0.5) is 15.0 Å². The molecule has 2 aliphatic heterocycles. The Morgan fingerprint density at radius 2 is 1.97 bits per heavy atom. The minimum absolute atomic E-state index is 0.0609. The van der Waals surface area contributed by atoms with E-state index in [1.54, 1.807) is 4.90 Å². The number of pyridine rings is 1. The molecule has 0 spiro atoms. The number of aryl methyl sites for hydroxylation is 1. The Bertz CT molecular complexity index is 1020. The van der Waals surface area contributed by atoms with Crippen molar-refractivity contribution in [3.8, 4) is 0 Å². The minimum atomic E-state index is -0.605. The van der Waals surface area contributed by atoms with Crippen LogP contribution in [0.25, 0.3) is 10.9 Å². The molecule has 7 nitrogen and oxygen atoms in total. The van der Waals surface area contributed by atoms with Crippen molar-refractivity contribution in [2.45, 2.75) is 77.6 Å². The molecule has 0 N–H and O–H groups in total. The third-order valence-electron chi connectivity index (χ3n) is 5.41. The van der Waals surface area contributed by atoms with Gasteiger partial charge >= 0.3 is 6.09 Å². The molecule has 182 valence electrons. The quantitative estimate of drug-likeness (QED) is 0.298. The van der Waals surface area contributed by atoms with Gasteiger partial charge in [-0.3, -0.25) is 0 Å². The number of ether oxygens (including phenoxy) is 1. The summed E-state index contributed by atoms with van der Waals surface area (Å²) in [4.78, 5) is 30.2. The van der Waals surface area contributed by atoms with Crippen LogP contribution in [0, 0.1) is 5.82 Å². The van der Waals surface area contributed by atoms with Gasteiger partial charge in [0.2, 0.25) is 0 Å². The van der Waals surface area contributed by atoms with Crippen LogP contribution in [0.3, 0.4) is 0 Å². The second-order valence-corrected chi connectivity index (χ2v) is 10.4. The molecule has 4 heterocycles. The molecule has 2 aliphatic rings. The van der Waals surface area contributed by atoms with Crippen LogP contribution in [0.1, 0.15) is 60.1 Å². The van der Waals surface area contributed by atoms with E-state index < -0.39 is 11.4 Å². The zero-order valence-corrected chi connectivity index (χ0v) is 21.8. The van der Waals surface area contributed by atoms with E-state index in [4.69, 9.17) is 21.3 Å². The number of halogens is 2. The van der Waals surface area contributed by atoms with E-state index in [2.05, 4.69) is 14.9 Å². The Hall–Kier alpha value is -1.87. The summed E-state index contributed by atoms with van der Waals surface area (Å²) < 4.78 is 20.5. The topological polar surface area (TPSA) is 71.5 Å². The van der Waals surface area contributed by atoms with E-state index in [9.17, 15) is 9.18 Å². The largest absolute Gasteiger partial charge is 0.444 e. The smallest absolute Gasteiger partial charge is 0.410 e. The Labute approximate surface area is 204 Å². The molecule has 0 saturated carbocycles. The number of hydrogen-bond donors (Lipinski definition) is 0. The summed E-state index contributed by atoms with van der Waals surface area (Å²) in [5, 5.41) is 1.01. The van der Waals surface area contributed by atoms with Gasteiger partial charge in [-0.2, -0.15) is 0 Å². The molecule has 2 aromatic heterocycles. The number of carbonyl (C=O) groups excluding carboxylic acids is 1. The Morgan fingerprint density at radius 3 is 2.64 bits per heavy atom. The molecule has 1 amide bonds. The third kappa shape index (κ3) is 5.62. The number of thioether (sulfide) groups is 1. The van der Waals surface area contributed by atoms with Gasteiger partial charge in [-0.1, -0.05) is 44.1 Å². The van der Waals surface area contributed by atoms with Crippen molar-refractivity contribution in [2.75, 3.05) is 30.3 Å². The van der Waals surface area contributed by atoms with E-state index >= 15 is 0 Å². The van der Waals surface area contributed by atoms with E-state index in [-0.39, 0.29) is 22.8 Å². The molecule has 0 unspecified atom stereocenters. The fourth-order valence-electron chi connectivity index (χ4n) is 4.14. The maximum atomic E-state index is 14.9. The number of rotatable bonds is 2. The van der Waals surface area contributed by atoms with Crippen molar-refractivity contribution in [1.82, 2.24) is 19.9 Å². The van der Waals surface area contributed by atoms with E-state index in [0.717, 1.165) is 24.3 Å². The van der Waals surface area contributed by atoms with Crippen molar-refractivity contribution in [3.63, 3.8) is 0 Å². The number of anilines is 1. The first-order valence-corrected chi connectivity index (χ1v) is 13.0. The number of carbonyl (C=O) groups is 1. The highest BCUT2D eigenvalue weighted by molar-refractivity contribution is 7.99. The molecule has 33 heavy (non-hydrogen) atoms. The molecule has 10 heteroatoms. The second-order valence-electron chi connectivity index (χ2n) is 8.82. The average molecular weight is 498 g/mol. The van der Waals surface area contributed by atoms with E-state index in [1.165, 1.54) is 11.8 Å². The summed E-state index contributed by atoms with van der Waals surface area (Å²) in [5.41, 5.74) is 0.422. The second kappa shape index (κ2) is 10.6. The lowest BCUT2D eigenvalue weighted by molar-refractivity contribution is 0.0211. The van der Waals surface area contributed by atoms with Crippen LogP contribution in [0.2, 0.25) is 5.15 Å². The van der Waals surface area contributed by atoms with Gasteiger partial charge in [-0.25, -0.2) is 24.1 Å². The number of fused-ring (bicyclic) bond motifs is 2. The van der Waals surface area contributed by atoms with Gasteiger partial charge < -0.3 is 14.5 Å². The number of nitrogens with zero attached hydrogens (tertiary/aromatic N) is 5. The Morgan fingerprint density at radius 1 is 1.24 bits per heavy atom. The summed E-state index contributed by atoms with van der Waals surface area (Å²) in [5.74, 6) is 0.854. The lowest BCUT2D eigenvalue weighted by atomic mass is 9.98. The lowest BCUT2D eigenvalue weighted by Gasteiger charge is -2.43. The molecule has 2 aromatic rings. The summed E-state index contributed by atoms with van der Waals surface area (Å²) in [6, 6.07) is 0.0609. The molecule has 1 fully saturated rings. The Kier molecular flexibility index (Phi) is 8.26. The van der Waals surface area contributed by atoms with Crippen molar-refractivity contribution < 1.29 is 13.9 Å². The highest BCUT2D eigenvalue weighted by atomic mass is 35.5. The van der Waals surface area contributed by atoms with Crippen LogP contribution < -0.4 is 4.90 Å². The molecule has 1 atom stereocenters. The van der Waals surface area contributed by atoms with Gasteiger partial charge in [-0.05, 0) is 45.8 Å². The molecular formula is C23H33ClFN5O2S. The lowest BCUT2D eigenvalue weighted by Crippen LogP contribution is -2.56. The minimum Gasteiger partial charge on any atom is -0.444 e. The molecule has 4 rings (SSSR count). The number of piperazine rings is 1.